The molecule has 51 heavy (non-hydrogen) atoms. The normalized spacial score (nSPS) is 12.7. The second kappa shape index (κ2) is 19.0. The monoisotopic (exact) mass is 700 g/mol. The standard InChI is InChI=1S/C35H44N10O6/c1-49-31-12-4-27(5-13-31)25-39-34-40-33(38-24-26-2-6-28(7-3-26)32(46)37-15-21-51-23-22-50-20-14-36)41-35(42-34)44-18-16-43(17-19-44)29-8-10-30(11-9-29)45(47)48/h2-13H,14-25,36H2,1H3,(H,37,46)(H2,38,39,40,41,42). The minimum Gasteiger partial charge on any atom is -0.497 e. The zero-order valence-electron chi connectivity index (χ0n) is 28.6. The fourth-order valence-corrected chi connectivity index (χ4v) is 5.24. The first-order valence-corrected chi connectivity index (χ1v) is 16.8. The highest BCUT2D eigenvalue weighted by atomic mass is 16.6. The lowest BCUT2D eigenvalue weighted by Crippen LogP contribution is -2.47. The molecule has 3 aromatic carbocycles. The molecule has 16 nitrogen and oxygen atoms in total. The molecule has 0 atom stereocenters. The van der Waals surface area contributed by atoms with Crippen molar-refractivity contribution in [2.45, 2.75) is 13.1 Å². The Bertz CT molecular complexity index is 1690. The van der Waals surface area contributed by atoms with Crippen LogP contribution in [0.3, 0.4) is 0 Å². The number of nitrogens with one attached hydrogen (secondary N) is 3. The summed E-state index contributed by atoms with van der Waals surface area (Å²) in [6, 6.07) is 21.7. The number of non-ortho nitro benzene ring substituents is 1. The van der Waals surface area contributed by atoms with E-state index in [2.05, 4.69) is 30.7 Å². The van der Waals surface area contributed by atoms with Crippen molar-refractivity contribution in [2.24, 2.45) is 5.73 Å². The first-order valence-electron chi connectivity index (χ1n) is 16.8. The Morgan fingerprint density at radius 1 is 0.784 bits per heavy atom. The lowest BCUT2D eigenvalue weighted by molar-refractivity contribution is -0.384. The Hall–Kier alpha value is -5.58. The minimum atomic E-state index is -0.397. The van der Waals surface area contributed by atoms with Crippen molar-refractivity contribution in [3.8, 4) is 5.75 Å². The van der Waals surface area contributed by atoms with Gasteiger partial charge in [0.05, 0.1) is 38.5 Å². The summed E-state index contributed by atoms with van der Waals surface area (Å²) < 4.78 is 16.0. The summed E-state index contributed by atoms with van der Waals surface area (Å²) in [5, 5.41) is 20.6. The summed E-state index contributed by atoms with van der Waals surface area (Å²) in [5.74, 6) is 1.97. The largest absolute Gasteiger partial charge is 0.497 e. The van der Waals surface area contributed by atoms with Gasteiger partial charge in [-0.25, -0.2) is 0 Å². The fourth-order valence-electron chi connectivity index (χ4n) is 5.24. The van der Waals surface area contributed by atoms with Crippen LogP contribution in [0.2, 0.25) is 0 Å². The van der Waals surface area contributed by atoms with Gasteiger partial charge in [-0.3, -0.25) is 14.9 Å². The van der Waals surface area contributed by atoms with Crippen molar-refractivity contribution < 1.29 is 23.9 Å². The van der Waals surface area contributed by atoms with Gasteiger partial charge in [0.25, 0.3) is 11.6 Å². The number of ether oxygens (including phenoxy) is 3. The first kappa shape index (κ1) is 36.7. The average Bonchev–Trinajstić information content (AvgIpc) is 3.17. The molecule has 5 rings (SSSR count). The number of piperazine rings is 1. The van der Waals surface area contributed by atoms with E-state index in [-0.39, 0.29) is 11.6 Å². The number of hydrogen-bond donors (Lipinski definition) is 4. The van der Waals surface area contributed by atoms with E-state index < -0.39 is 4.92 Å². The van der Waals surface area contributed by atoms with E-state index in [0.29, 0.717) is 102 Å². The van der Waals surface area contributed by atoms with Crippen molar-refractivity contribution in [1.82, 2.24) is 20.3 Å². The van der Waals surface area contributed by atoms with Gasteiger partial charge in [-0.05, 0) is 47.5 Å². The summed E-state index contributed by atoms with van der Waals surface area (Å²) >= 11 is 0. The summed E-state index contributed by atoms with van der Waals surface area (Å²) in [7, 11) is 1.63. The van der Waals surface area contributed by atoms with Gasteiger partial charge in [0, 0.05) is 75.7 Å². The quantitative estimate of drug-likeness (QED) is 0.0633. The molecule has 0 unspecified atom stereocenters. The van der Waals surface area contributed by atoms with Crippen LogP contribution >= 0.6 is 0 Å². The lowest BCUT2D eigenvalue weighted by atomic mass is 10.1. The maximum absolute atomic E-state index is 12.6. The van der Waals surface area contributed by atoms with Gasteiger partial charge < -0.3 is 45.7 Å². The van der Waals surface area contributed by atoms with E-state index >= 15 is 0 Å². The predicted octanol–water partition coefficient (Wildman–Crippen LogP) is 3.06. The van der Waals surface area contributed by atoms with Crippen LogP contribution in [0.4, 0.5) is 29.2 Å². The van der Waals surface area contributed by atoms with Crippen LogP contribution in [0.1, 0.15) is 21.5 Å². The van der Waals surface area contributed by atoms with Crippen LogP contribution < -0.4 is 36.2 Å². The first-order chi connectivity index (χ1) is 24.9. The molecule has 1 saturated heterocycles. The summed E-state index contributed by atoms with van der Waals surface area (Å²) in [6.07, 6.45) is 0. The van der Waals surface area contributed by atoms with E-state index in [1.807, 2.05) is 36.4 Å². The van der Waals surface area contributed by atoms with Crippen molar-refractivity contribution in [2.75, 3.05) is 93.2 Å². The van der Waals surface area contributed by atoms with Gasteiger partial charge in [-0.15, -0.1) is 0 Å². The van der Waals surface area contributed by atoms with Crippen molar-refractivity contribution in [3.05, 3.63) is 99.6 Å². The number of hydrogen-bond acceptors (Lipinski definition) is 14. The number of nitrogens with zero attached hydrogens (tertiary/aromatic N) is 6. The molecule has 4 aromatic rings. The summed E-state index contributed by atoms with van der Waals surface area (Å²) in [4.78, 5) is 41.7. The number of nitrogens with two attached hydrogens (primary N) is 1. The molecule has 1 fully saturated rings. The number of nitro benzene ring substituents is 1. The number of anilines is 4. The van der Waals surface area contributed by atoms with Crippen LogP contribution in [0.15, 0.2) is 72.8 Å². The Kier molecular flexibility index (Phi) is 13.7. The second-order valence-electron chi connectivity index (χ2n) is 11.6. The molecule has 270 valence electrons. The molecular formula is C35H44N10O6. The maximum Gasteiger partial charge on any atom is 0.269 e. The van der Waals surface area contributed by atoms with E-state index in [0.717, 1.165) is 22.6 Å². The zero-order chi connectivity index (χ0) is 35.8. The minimum absolute atomic E-state index is 0.0668. The molecule has 1 aliphatic heterocycles. The fraction of sp³-hybridized carbons (Fsp3) is 0.371. The molecule has 0 aliphatic carbocycles. The number of aromatic nitrogens is 3. The number of carbonyl (C=O) groups is 1. The van der Waals surface area contributed by atoms with Crippen LogP contribution in [0.5, 0.6) is 5.75 Å². The highest BCUT2D eigenvalue weighted by Gasteiger charge is 2.21. The van der Waals surface area contributed by atoms with Gasteiger partial charge in [-0.2, -0.15) is 15.0 Å². The third-order valence-electron chi connectivity index (χ3n) is 8.05. The van der Waals surface area contributed by atoms with Crippen LogP contribution in [-0.2, 0) is 22.6 Å². The molecule has 0 bridgehead atoms. The number of benzene rings is 3. The van der Waals surface area contributed by atoms with Crippen molar-refractivity contribution in [1.29, 1.82) is 0 Å². The van der Waals surface area contributed by atoms with Gasteiger partial charge in [0.15, 0.2) is 0 Å². The SMILES string of the molecule is COc1ccc(CNc2nc(NCc3ccc(C(=O)NCCOCCOCCN)cc3)nc(N3CCN(c4ccc([N+](=O)[O-])cc4)CC3)n2)cc1. The summed E-state index contributed by atoms with van der Waals surface area (Å²) in [6.45, 7) is 6.28. The van der Waals surface area contributed by atoms with Gasteiger partial charge >= 0.3 is 0 Å². The molecule has 5 N–H and O–H groups in total. The van der Waals surface area contributed by atoms with Crippen molar-refractivity contribution in [3.63, 3.8) is 0 Å². The van der Waals surface area contributed by atoms with Crippen molar-refractivity contribution >= 4 is 35.1 Å². The molecule has 1 aliphatic rings. The Morgan fingerprint density at radius 2 is 1.35 bits per heavy atom. The Balaban J connectivity index is 1.19. The smallest absolute Gasteiger partial charge is 0.269 e. The number of amides is 1. The van der Waals surface area contributed by atoms with Gasteiger partial charge in [-0.1, -0.05) is 24.3 Å². The van der Waals surface area contributed by atoms with E-state index in [1.165, 1.54) is 12.1 Å². The molecule has 1 aromatic heterocycles. The van der Waals surface area contributed by atoms with Crippen LogP contribution in [0, 0.1) is 10.1 Å². The number of nitro groups is 1. The third kappa shape index (κ3) is 11.2. The van der Waals surface area contributed by atoms with E-state index in [4.69, 9.17) is 29.9 Å². The number of methoxy groups -OCH3 is 1. The number of rotatable bonds is 19. The Labute approximate surface area is 296 Å². The number of carbonyl (C=O) groups excluding carboxylic acids is 1. The summed E-state index contributed by atoms with van der Waals surface area (Å²) in [5.41, 5.74) is 8.90. The van der Waals surface area contributed by atoms with Gasteiger partial charge in [0.1, 0.15) is 5.75 Å². The molecule has 1 amide bonds. The molecule has 2 heterocycles. The molecule has 0 spiro atoms. The predicted molar refractivity (Wildman–Crippen MR) is 194 cm³/mol. The van der Waals surface area contributed by atoms with Crippen LogP contribution in [0.25, 0.3) is 0 Å². The molecular weight excluding hydrogens is 656 g/mol. The highest BCUT2D eigenvalue weighted by Crippen LogP contribution is 2.23. The lowest BCUT2D eigenvalue weighted by Gasteiger charge is -2.36. The molecule has 0 radical (unpaired) electrons. The Morgan fingerprint density at radius 3 is 1.92 bits per heavy atom. The highest BCUT2D eigenvalue weighted by molar-refractivity contribution is 5.94. The van der Waals surface area contributed by atoms with Crippen LogP contribution in [-0.4, -0.2) is 98.6 Å². The van der Waals surface area contributed by atoms with E-state index in [9.17, 15) is 14.9 Å². The van der Waals surface area contributed by atoms with Gasteiger partial charge in [0.2, 0.25) is 17.8 Å². The van der Waals surface area contributed by atoms with E-state index in [1.54, 1.807) is 31.4 Å². The molecule has 0 saturated carbocycles. The zero-order valence-corrected chi connectivity index (χ0v) is 28.6. The third-order valence-corrected chi connectivity index (χ3v) is 8.05. The second-order valence-corrected chi connectivity index (χ2v) is 11.6. The topological polar surface area (TPSA) is 195 Å². The maximum atomic E-state index is 12.6. The average molecular weight is 701 g/mol. The molecule has 16 heteroatoms.